The van der Waals surface area contributed by atoms with Crippen LogP contribution in [-0.2, 0) is 9.53 Å². The molecule has 3 amide bonds. The van der Waals surface area contributed by atoms with Gasteiger partial charge in [0.15, 0.2) is 0 Å². The third kappa shape index (κ3) is 4.82. The number of anilines is 1. The Bertz CT molecular complexity index is 1120. The van der Waals surface area contributed by atoms with Gasteiger partial charge in [-0.05, 0) is 54.2 Å². The second-order valence-corrected chi connectivity index (χ2v) is 10.1. The summed E-state index contributed by atoms with van der Waals surface area (Å²) in [6, 6.07) is 15.5. The van der Waals surface area contributed by atoms with Crippen LogP contribution in [0.5, 0.6) is 0 Å². The predicted octanol–water partition coefficient (Wildman–Crippen LogP) is 4.12. The van der Waals surface area contributed by atoms with E-state index in [0.29, 0.717) is 63.7 Å². The maximum Gasteiger partial charge on any atom is 0.321 e. The summed E-state index contributed by atoms with van der Waals surface area (Å²) in [5.74, 6) is 0.637. The van der Waals surface area contributed by atoms with Gasteiger partial charge in [-0.25, -0.2) is 4.79 Å². The van der Waals surface area contributed by atoms with Crippen LogP contribution in [0.25, 0.3) is 11.1 Å². The van der Waals surface area contributed by atoms with Crippen LogP contribution in [-0.4, -0.2) is 62.0 Å². The average molecular weight is 476 g/mol. The molecule has 184 valence electrons. The lowest BCUT2D eigenvalue weighted by molar-refractivity contribution is -0.121. The van der Waals surface area contributed by atoms with Crippen LogP contribution in [0.4, 0.5) is 10.5 Å². The van der Waals surface area contributed by atoms with Gasteiger partial charge in [0.25, 0.3) is 5.91 Å². The normalized spacial score (nSPS) is 25.3. The van der Waals surface area contributed by atoms with E-state index in [-0.39, 0.29) is 23.1 Å². The third-order valence-electron chi connectivity index (χ3n) is 7.99. The van der Waals surface area contributed by atoms with Crippen LogP contribution in [0.3, 0.4) is 0 Å². The van der Waals surface area contributed by atoms with Crippen molar-refractivity contribution in [2.24, 2.45) is 11.3 Å². The lowest BCUT2D eigenvalue weighted by atomic mass is 9.70. The number of rotatable bonds is 3. The number of likely N-dealkylation sites (tertiary alicyclic amines) is 1. The van der Waals surface area contributed by atoms with E-state index >= 15 is 0 Å². The van der Waals surface area contributed by atoms with Gasteiger partial charge in [0.05, 0.1) is 13.2 Å². The highest BCUT2D eigenvalue weighted by Gasteiger charge is 2.42. The van der Waals surface area contributed by atoms with Crippen molar-refractivity contribution >= 4 is 23.4 Å². The summed E-state index contributed by atoms with van der Waals surface area (Å²) in [5, 5.41) is 2.83. The first kappa shape index (κ1) is 23.5. The number of nitrogens with one attached hydrogen (secondary N) is 1. The number of ether oxygens (including phenoxy) is 1. The molecule has 3 saturated heterocycles. The molecule has 0 aliphatic carbocycles. The minimum Gasteiger partial charge on any atom is -0.380 e. The molecule has 2 aromatic rings. The number of benzene rings is 2. The second kappa shape index (κ2) is 9.82. The van der Waals surface area contributed by atoms with E-state index in [4.69, 9.17) is 4.74 Å². The highest BCUT2D eigenvalue weighted by atomic mass is 16.5. The number of Topliss-reactive ketones (excluding diaryl/α,β-unsaturated/α-hetero) is 1. The summed E-state index contributed by atoms with van der Waals surface area (Å²) in [7, 11) is 0. The van der Waals surface area contributed by atoms with Crippen molar-refractivity contribution in [2.45, 2.75) is 32.6 Å². The van der Waals surface area contributed by atoms with Crippen LogP contribution in [0.1, 0.15) is 43.0 Å². The molecule has 0 aromatic heterocycles. The zero-order valence-corrected chi connectivity index (χ0v) is 20.3. The van der Waals surface area contributed by atoms with Crippen LogP contribution in [0, 0.1) is 11.3 Å². The first-order valence-electron chi connectivity index (χ1n) is 12.6. The van der Waals surface area contributed by atoms with E-state index in [0.717, 1.165) is 29.7 Å². The Hall–Kier alpha value is -3.19. The Morgan fingerprint density at radius 2 is 1.89 bits per heavy atom. The predicted molar refractivity (Wildman–Crippen MR) is 134 cm³/mol. The third-order valence-corrected chi connectivity index (χ3v) is 7.99. The molecule has 2 atom stereocenters. The van der Waals surface area contributed by atoms with Crippen molar-refractivity contribution in [1.82, 2.24) is 10.2 Å². The van der Waals surface area contributed by atoms with Crippen molar-refractivity contribution in [1.29, 1.82) is 0 Å². The first-order chi connectivity index (χ1) is 16.9. The number of hydrogen-bond acceptors (Lipinski definition) is 4. The topological polar surface area (TPSA) is 79.0 Å². The number of carbonyl (C=O) groups is 3. The summed E-state index contributed by atoms with van der Waals surface area (Å²) >= 11 is 0. The van der Waals surface area contributed by atoms with Crippen molar-refractivity contribution in [3.63, 3.8) is 0 Å². The largest absolute Gasteiger partial charge is 0.380 e. The van der Waals surface area contributed by atoms with Gasteiger partial charge in [-0.1, -0.05) is 31.2 Å². The maximum atomic E-state index is 13.4. The molecule has 5 rings (SSSR count). The summed E-state index contributed by atoms with van der Waals surface area (Å²) in [6.07, 6.45) is 2.72. The van der Waals surface area contributed by atoms with E-state index < -0.39 is 0 Å². The fourth-order valence-electron chi connectivity index (χ4n) is 5.60. The van der Waals surface area contributed by atoms with Gasteiger partial charge in [0.1, 0.15) is 5.78 Å². The van der Waals surface area contributed by atoms with E-state index in [1.54, 1.807) is 4.90 Å². The zero-order valence-electron chi connectivity index (χ0n) is 20.3. The molecule has 3 fully saturated rings. The lowest BCUT2D eigenvalue weighted by Crippen LogP contribution is -2.36. The maximum absolute atomic E-state index is 13.4. The van der Waals surface area contributed by atoms with Crippen molar-refractivity contribution < 1.29 is 19.1 Å². The average Bonchev–Trinajstić information content (AvgIpc) is 3.12. The van der Waals surface area contributed by atoms with Gasteiger partial charge in [-0.2, -0.15) is 0 Å². The van der Waals surface area contributed by atoms with Crippen molar-refractivity contribution in [2.75, 3.05) is 44.3 Å². The van der Waals surface area contributed by atoms with Gasteiger partial charge >= 0.3 is 6.03 Å². The number of nitrogens with zero attached hydrogens (tertiary/aromatic N) is 2. The summed E-state index contributed by atoms with van der Waals surface area (Å²) in [4.78, 5) is 41.4. The quantitative estimate of drug-likeness (QED) is 0.724. The highest BCUT2D eigenvalue weighted by molar-refractivity contribution is 5.96. The minimum absolute atomic E-state index is 0.0316. The van der Waals surface area contributed by atoms with Crippen LogP contribution in [0.2, 0.25) is 0 Å². The zero-order chi connectivity index (χ0) is 24.4. The molecule has 0 bridgehead atoms. The fraction of sp³-hybridized carbons (Fsp3) is 0.464. The number of ketones is 1. The molecule has 3 aliphatic rings. The standard InChI is InChI=1S/C28H33N3O4/c1-20-9-13-30(14-11-28(20)18-25(32)10-16-35-19-28)26(33)22-7-5-21(6-8-22)23-3-2-4-24(17-23)31-15-12-29-27(31)34/h2-8,17,20H,9-16,18-19H2,1H3,(H,29,34). The molecule has 0 saturated carbocycles. The van der Waals surface area contributed by atoms with E-state index in [1.807, 2.05) is 53.4 Å². The van der Waals surface area contributed by atoms with E-state index in [9.17, 15) is 14.4 Å². The van der Waals surface area contributed by atoms with Gasteiger partial charge in [0, 0.05) is 55.7 Å². The first-order valence-corrected chi connectivity index (χ1v) is 12.6. The molecule has 2 aromatic carbocycles. The Labute approximate surface area is 206 Å². The van der Waals surface area contributed by atoms with Crippen molar-refractivity contribution in [3.8, 4) is 11.1 Å². The Kier molecular flexibility index (Phi) is 6.60. The molecule has 1 spiro atoms. The summed E-state index contributed by atoms with van der Waals surface area (Å²) in [6.45, 7) is 5.96. The lowest BCUT2D eigenvalue weighted by Gasteiger charge is -2.35. The van der Waals surface area contributed by atoms with E-state index in [2.05, 4.69) is 12.2 Å². The molecule has 7 nitrogen and oxygen atoms in total. The molecule has 3 heterocycles. The Morgan fingerprint density at radius 3 is 2.66 bits per heavy atom. The van der Waals surface area contributed by atoms with Crippen LogP contribution >= 0.6 is 0 Å². The molecule has 3 aliphatic heterocycles. The molecular weight excluding hydrogens is 442 g/mol. The Morgan fingerprint density at radius 1 is 1.06 bits per heavy atom. The Balaban J connectivity index is 1.29. The van der Waals surface area contributed by atoms with Gasteiger partial charge in [-0.15, -0.1) is 0 Å². The van der Waals surface area contributed by atoms with Gasteiger partial charge < -0.3 is 15.0 Å². The molecule has 1 N–H and O–H groups in total. The second-order valence-electron chi connectivity index (χ2n) is 10.1. The summed E-state index contributed by atoms with van der Waals surface area (Å²) in [5.41, 5.74) is 3.38. The van der Waals surface area contributed by atoms with Crippen LogP contribution in [0.15, 0.2) is 48.5 Å². The van der Waals surface area contributed by atoms with Gasteiger partial charge in [0.2, 0.25) is 0 Å². The molecule has 7 heteroatoms. The molecule has 2 unspecified atom stereocenters. The SMILES string of the molecule is CC1CCN(C(=O)c2ccc(-c3cccc(N4CCNC4=O)c3)cc2)CCC12COCCC(=O)C2. The summed E-state index contributed by atoms with van der Waals surface area (Å²) < 4.78 is 5.82. The minimum atomic E-state index is -0.163. The molecular formula is C28H33N3O4. The van der Waals surface area contributed by atoms with E-state index in [1.165, 1.54) is 0 Å². The molecule has 35 heavy (non-hydrogen) atoms. The fourth-order valence-corrected chi connectivity index (χ4v) is 5.60. The highest BCUT2D eigenvalue weighted by Crippen LogP contribution is 2.42. The van der Waals surface area contributed by atoms with Crippen LogP contribution < -0.4 is 10.2 Å². The smallest absolute Gasteiger partial charge is 0.321 e. The number of carbonyl (C=O) groups excluding carboxylic acids is 3. The molecule has 0 radical (unpaired) electrons. The monoisotopic (exact) mass is 475 g/mol. The number of urea groups is 1. The number of hydrogen-bond donors (Lipinski definition) is 1. The number of amides is 3. The van der Waals surface area contributed by atoms with Gasteiger partial charge in [-0.3, -0.25) is 14.5 Å². The van der Waals surface area contributed by atoms with Crippen molar-refractivity contribution in [3.05, 3.63) is 54.1 Å².